The summed E-state index contributed by atoms with van der Waals surface area (Å²) in [6.07, 6.45) is 8.76. The average molecular weight is 463 g/mol. The normalized spacial score (nSPS) is 24.9. The molecule has 0 bridgehead atoms. The predicted molar refractivity (Wildman–Crippen MR) is 131 cm³/mol. The molecule has 1 aliphatic heterocycles. The minimum atomic E-state index is -0.460. The van der Waals surface area contributed by atoms with Gasteiger partial charge in [0.05, 0.1) is 18.8 Å². The van der Waals surface area contributed by atoms with Crippen LogP contribution in [-0.4, -0.2) is 25.0 Å². The van der Waals surface area contributed by atoms with E-state index in [4.69, 9.17) is 14.2 Å². The first-order valence-corrected chi connectivity index (χ1v) is 12.4. The van der Waals surface area contributed by atoms with Gasteiger partial charge in [0.25, 0.3) is 0 Å². The summed E-state index contributed by atoms with van der Waals surface area (Å²) in [4.78, 5) is 24.1. The van der Waals surface area contributed by atoms with Crippen LogP contribution in [0.2, 0.25) is 0 Å². The summed E-state index contributed by atoms with van der Waals surface area (Å²) in [7, 11) is 0. The summed E-state index contributed by atoms with van der Waals surface area (Å²) in [6.45, 7) is 7.19. The van der Waals surface area contributed by atoms with Crippen molar-refractivity contribution in [3.63, 3.8) is 0 Å². The first-order valence-electron chi connectivity index (χ1n) is 12.4. The summed E-state index contributed by atoms with van der Waals surface area (Å²) in [6, 6.07) is 13.6. The molecule has 2 aromatic carbocycles. The van der Waals surface area contributed by atoms with Crippen molar-refractivity contribution in [1.29, 1.82) is 0 Å². The molecule has 0 radical (unpaired) electrons. The first-order chi connectivity index (χ1) is 16.6. The van der Waals surface area contributed by atoms with Gasteiger partial charge in [-0.15, -0.1) is 0 Å². The van der Waals surface area contributed by atoms with Crippen LogP contribution < -0.4 is 4.74 Å². The number of rotatable bonds is 8. The van der Waals surface area contributed by atoms with Crippen LogP contribution in [0.1, 0.15) is 78.0 Å². The van der Waals surface area contributed by atoms with Crippen molar-refractivity contribution in [2.75, 3.05) is 13.2 Å². The SMILES string of the molecule is C=CC(=O)c1ccc(OC(=O)c2ccc(C3OCC(C4CCC(CCC)CC4)CO3)cc2)cc1. The van der Waals surface area contributed by atoms with E-state index in [-0.39, 0.29) is 5.78 Å². The van der Waals surface area contributed by atoms with E-state index in [9.17, 15) is 9.59 Å². The van der Waals surface area contributed by atoms with E-state index < -0.39 is 12.3 Å². The van der Waals surface area contributed by atoms with Gasteiger partial charge in [0.2, 0.25) is 0 Å². The molecule has 5 nitrogen and oxygen atoms in total. The van der Waals surface area contributed by atoms with Crippen molar-refractivity contribution < 1.29 is 23.8 Å². The molecule has 180 valence electrons. The van der Waals surface area contributed by atoms with Crippen molar-refractivity contribution in [3.8, 4) is 5.75 Å². The third-order valence-corrected chi connectivity index (χ3v) is 7.13. The Labute approximate surface area is 202 Å². The average Bonchev–Trinajstić information content (AvgIpc) is 2.89. The topological polar surface area (TPSA) is 61.8 Å². The van der Waals surface area contributed by atoms with Crippen molar-refractivity contribution in [1.82, 2.24) is 0 Å². The van der Waals surface area contributed by atoms with E-state index in [0.29, 0.717) is 28.7 Å². The first kappa shape index (κ1) is 24.4. The second-order valence-corrected chi connectivity index (χ2v) is 9.43. The Bertz CT molecular complexity index is 963. The Morgan fingerprint density at radius 1 is 0.912 bits per heavy atom. The van der Waals surface area contributed by atoms with E-state index >= 15 is 0 Å². The molecule has 0 unspecified atom stereocenters. The summed E-state index contributed by atoms with van der Waals surface area (Å²) < 4.78 is 17.6. The molecule has 1 saturated carbocycles. The number of ether oxygens (including phenoxy) is 3. The van der Waals surface area contributed by atoms with Gasteiger partial charge in [0.1, 0.15) is 5.75 Å². The highest BCUT2D eigenvalue weighted by Gasteiger charge is 2.32. The third-order valence-electron chi connectivity index (χ3n) is 7.13. The number of carbonyl (C=O) groups excluding carboxylic acids is 2. The molecular formula is C29H34O5. The van der Waals surface area contributed by atoms with Crippen LogP contribution in [0.15, 0.2) is 61.2 Å². The van der Waals surface area contributed by atoms with E-state index in [1.807, 2.05) is 12.1 Å². The van der Waals surface area contributed by atoms with Crippen LogP contribution in [0.3, 0.4) is 0 Å². The van der Waals surface area contributed by atoms with Gasteiger partial charge >= 0.3 is 5.97 Å². The fourth-order valence-corrected chi connectivity index (χ4v) is 5.09. The molecule has 0 spiro atoms. The lowest BCUT2D eigenvalue weighted by atomic mass is 9.75. The maximum absolute atomic E-state index is 12.5. The fourth-order valence-electron chi connectivity index (χ4n) is 5.09. The lowest BCUT2D eigenvalue weighted by Crippen LogP contribution is -2.34. The minimum Gasteiger partial charge on any atom is -0.423 e. The molecule has 2 aliphatic rings. The number of hydrogen-bond acceptors (Lipinski definition) is 5. The van der Waals surface area contributed by atoms with Gasteiger partial charge in [-0.2, -0.15) is 0 Å². The lowest BCUT2D eigenvalue weighted by Gasteiger charge is -2.37. The second kappa shape index (κ2) is 11.6. The molecule has 1 aliphatic carbocycles. The zero-order valence-electron chi connectivity index (χ0n) is 19.9. The molecule has 34 heavy (non-hydrogen) atoms. The number of esters is 1. The van der Waals surface area contributed by atoms with Crippen LogP contribution >= 0.6 is 0 Å². The Hall–Kier alpha value is -2.76. The van der Waals surface area contributed by atoms with Crippen LogP contribution in [0, 0.1) is 17.8 Å². The molecule has 4 rings (SSSR count). The van der Waals surface area contributed by atoms with E-state index in [2.05, 4.69) is 13.5 Å². The van der Waals surface area contributed by atoms with E-state index in [1.165, 1.54) is 44.6 Å². The highest BCUT2D eigenvalue weighted by molar-refractivity contribution is 6.04. The molecule has 2 fully saturated rings. The van der Waals surface area contributed by atoms with Crippen LogP contribution in [-0.2, 0) is 9.47 Å². The lowest BCUT2D eigenvalue weighted by molar-refractivity contribution is -0.214. The summed E-state index contributed by atoms with van der Waals surface area (Å²) >= 11 is 0. The number of benzene rings is 2. The molecular weight excluding hydrogens is 428 g/mol. The molecule has 5 heteroatoms. The van der Waals surface area contributed by atoms with Crippen molar-refractivity contribution in [2.24, 2.45) is 17.8 Å². The summed E-state index contributed by atoms with van der Waals surface area (Å²) in [5.41, 5.74) is 1.83. The number of ketones is 1. The Kier molecular flexibility index (Phi) is 8.30. The summed E-state index contributed by atoms with van der Waals surface area (Å²) in [5, 5.41) is 0. The maximum Gasteiger partial charge on any atom is 0.343 e. The fraction of sp³-hybridized carbons (Fsp3) is 0.448. The number of hydrogen-bond donors (Lipinski definition) is 0. The van der Waals surface area contributed by atoms with Crippen molar-refractivity contribution in [3.05, 3.63) is 77.9 Å². The smallest absolute Gasteiger partial charge is 0.343 e. The largest absolute Gasteiger partial charge is 0.423 e. The van der Waals surface area contributed by atoms with Crippen molar-refractivity contribution in [2.45, 2.75) is 51.7 Å². The Balaban J connectivity index is 1.26. The molecule has 0 N–H and O–H groups in total. The van der Waals surface area contributed by atoms with Crippen molar-refractivity contribution >= 4 is 11.8 Å². The van der Waals surface area contributed by atoms with E-state index in [0.717, 1.165) is 24.7 Å². The predicted octanol–water partition coefficient (Wildman–Crippen LogP) is 6.54. The monoisotopic (exact) mass is 462 g/mol. The van der Waals surface area contributed by atoms with Gasteiger partial charge in [0, 0.05) is 17.0 Å². The number of carbonyl (C=O) groups is 2. The van der Waals surface area contributed by atoms with Gasteiger partial charge in [-0.1, -0.05) is 51.3 Å². The Morgan fingerprint density at radius 2 is 1.53 bits per heavy atom. The highest BCUT2D eigenvalue weighted by atomic mass is 16.7. The van der Waals surface area contributed by atoms with Crippen LogP contribution in [0.25, 0.3) is 0 Å². The number of allylic oxidation sites excluding steroid dienone is 1. The van der Waals surface area contributed by atoms with Crippen LogP contribution in [0.4, 0.5) is 0 Å². The molecule has 0 aromatic heterocycles. The zero-order chi connectivity index (χ0) is 23.9. The molecule has 2 aromatic rings. The third kappa shape index (κ3) is 6.02. The summed E-state index contributed by atoms with van der Waals surface area (Å²) in [5.74, 6) is 1.83. The zero-order valence-corrected chi connectivity index (χ0v) is 19.9. The standard InChI is InChI=1S/C29H34O5/c1-3-5-20-6-8-21(9-7-20)25-18-32-29(33-19-25)24-12-10-23(11-13-24)28(31)34-26-16-14-22(15-17-26)27(30)4-2/h4,10-17,20-21,25,29H,2-3,5-9,18-19H2,1H3. The van der Waals surface area contributed by atoms with E-state index in [1.54, 1.807) is 36.4 Å². The second-order valence-electron chi connectivity index (χ2n) is 9.43. The van der Waals surface area contributed by atoms with Gasteiger partial charge in [-0.3, -0.25) is 4.79 Å². The minimum absolute atomic E-state index is 0.175. The molecule has 1 saturated heterocycles. The maximum atomic E-state index is 12.5. The molecule has 1 heterocycles. The van der Waals surface area contributed by atoms with Gasteiger partial charge in [-0.25, -0.2) is 4.79 Å². The quantitative estimate of drug-likeness (QED) is 0.193. The van der Waals surface area contributed by atoms with Gasteiger partial charge in [-0.05, 0) is 67.2 Å². The highest BCUT2D eigenvalue weighted by Crippen LogP contribution is 2.38. The molecule has 0 amide bonds. The van der Waals surface area contributed by atoms with Gasteiger partial charge < -0.3 is 14.2 Å². The van der Waals surface area contributed by atoms with Gasteiger partial charge in [0.15, 0.2) is 12.1 Å². The van der Waals surface area contributed by atoms with Crippen LogP contribution in [0.5, 0.6) is 5.75 Å². The Morgan fingerprint density at radius 3 is 2.12 bits per heavy atom. The molecule has 0 atom stereocenters.